The number of carboxylic acids is 1. The van der Waals surface area contributed by atoms with Gasteiger partial charge in [0.2, 0.25) is 0 Å². The summed E-state index contributed by atoms with van der Waals surface area (Å²) >= 11 is 0. The Balaban J connectivity index is 0.000000423. The van der Waals surface area contributed by atoms with E-state index in [-0.39, 0.29) is 5.41 Å². The first-order valence-corrected chi connectivity index (χ1v) is 6.56. The molecule has 0 saturated heterocycles. The van der Waals surface area contributed by atoms with Gasteiger partial charge in [0.15, 0.2) is 0 Å². The van der Waals surface area contributed by atoms with Crippen molar-refractivity contribution in [2.45, 2.75) is 33.1 Å². The largest absolute Gasteiger partial charge is 0.481 e. The quantitative estimate of drug-likeness (QED) is 0.745. The van der Waals surface area contributed by atoms with Crippen molar-refractivity contribution >= 4 is 16.1 Å². The molecule has 1 aliphatic carbocycles. The predicted octanol–water partition coefficient (Wildman–Crippen LogP) is 1.24. The monoisotopic (exact) mass is 238 g/mol. The van der Waals surface area contributed by atoms with Crippen molar-refractivity contribution in [3.63, 3.8) is 0 Å². The van der Waals surface area contributed by atoms with Gasteiger partial charge in [0.05, 0.1) is 12.9 Å². The van der Waals surface area contributed by atoms with Gasteiger partial charge in [-0.25, -0.2) is 0 Å². The summed E-state index contributed by atoms with van der Waals surface area (Å²) in [4.78, 5) is 9.00. The van der Waals surface area contributed by atoms with Crippen LogP contribution in [0, 0.1) is 5.41 Å². The lowest BCUT2D eigenvalue weighted by Crippen LogP contribution is -2.13. The molecule has 0 aliphatic heterocycles. The molecule has 1 saturated carbocycles. The van der Waals surface area contributed by atoms with E-state index in [1.807, 2.05) is 0 Å². The van der Waals surface area contributed by atoms with Gasteiger partial charge in [0.25, 0.3) is 16.1 Å². The summed E-state index contributed by atoms with van der Waals surface area (Å²) in [7, 11) is -3.23. The molecule has 5 nitrogen and oxygen atoms in total. The molecule has 15 heavy (non-hydrogen) atoms. The van der Waals surface area contributed by atoms with Crippen molar-refractivity contribution in [2.24, 2.45) is 5.41 Å². The molecule has 90 valence electrons. The molecule has 1 rings (SSSR count). The van der Waals surface area contributed by atoms with Gasteiger partial charge in [-0.3, -0.25) is 8.98 Å². The molecule has 0 aromatic rings. The maximum absolute atomic E-state index is 10.6. The summed E-state index contributed by atoms with van der Waals surface area (Å²) in [5.41, 5.74) is 0.198. The summed E-state index contributed by atoms with van der Waals surface area (Å²) < 4.78 is 25.9. The standard InChI is InChI=1S/C7H14O3S.C2H4O2/c1-3-7(4-5-7)6-10-11(2,8)9;1-2(3)4/h3-6H2,1-2H3;1H3,(H,3,4). The Hall–Kier alpha value is -0.620. The van der Waals surface area contributed by atoms with Crippen LogP contribution in [0.5, 0.6) is 0 Å². The third-order valence-corrected chi connectivity index (χ3v) is 2.83. The van der Waals surface area contributed by atoms with E-state index in [0.717, 1.165) is 32.4 Å². The van der Waals surface area contributed by atoms with Gasteiger partial charge in [-0.15, -0.1) is 0 Å². The fraction of sp³-hybridized carbons (Fsp3) is 0.889. The van der Waals surface area contributed by atoms with E-state index in [4.69, 9.17) is 14.1 Å². The van der Waals surface area contributed by atoms with E-state index in [0.29, 0.717) is 6.61 Å². The molecule has 0 spiro atoms. The zero-order valence-electron chi connectivity index (χ0n) is 9.32. The van der Waals surface area contributed by atoms with Crippen LogP contribution < -0.4 is 0 Å². The van der Waals surface area contributed by atoms with E-state index in [9.17, 15) is 8.42 Å². The Labute approximate surface area is 90.6 Å². The second-order valence-electron chi connectivity index (χ2n) is 3.84. The van der Waals surface area contributed by atoms with Gasteiger partial charge in [0.1, 0.15) is 0 Å². The van der Waals surface area contributed by atoms with Crippen molar-refractivity contribution in [1.29, 1.82) is 0 Å². The number of hydrogen-bond donors (Lipinski definition) is 1. The Morgan fingerprint density at radius 3 is 2.07 bits per heavy atom. The van der Waals surface area contributed by atoms with E-state index >= 15 is 0 Å². The molecule has 6 heteroatoms. The van der Waals surface area contributed by atoms with Crippen LogP contribution in [0.25, 0.3) is 0 Å². The lowest BCUT2D eigenvalue weighted by atomic mass is 10.1. The summed E-state index contributed by atoms with van der Waals surface area (Å²) in [5.74, 6) is -0.833. The molecule has 0 unspecified atom stereocenters. The first-order valence-electron chi connectivity index (χ1n) is 4.75. The SMILES string of the molecule is CC(=O)O.CCC1(COS(C)(=O)=O)CC1. The summed E-state index contributed by atoms with van der Waals surface area (Å²) in [6, 6.07) is 0. The molecular formula is C9H18O5S. The lowest BCUT2D eigenvalue weighted by Gasteiger charge is -2.10. The number of carbonyl (C=O) groups is 1. The highest BCUT2D eigenvalue weighted by Crippen LogP contribution is 2.48. The Bertz CT molecular complexity index is 298. The van der Waals surface area contributed by atoms with Crippen molar-refractivity contribution in [1.82, 2.24) is 0 Å². The predicted molar refractivity (Wildman–Crippen MR) is 56.1 cm³/mol. The first kappa shape index (κ1) is 14.4. The van der Waals surface area contributed by atoms with Gasteiger partial charge in [-0.2, -0.15) is 8.42 Å². The average molecular weight is 238 g/mol. The van der Waals surface area contributed by atoms with Gasteiger partial charge < -0.3 is 5.11 Å². The zero-order chi connectivity index (χ0) is 12.1. The third kappa shape index (κ3) is 8.38. The molecule has 1 fully saturated rings. The first-order chi connectivity index (χ1) is 6.71. The van der Waals surface area contributed by atoms with E-state index in [2.05, 4.69) is 6.92 Å². The minimum atomic E-state index is -3.23. The highest BCUT2D eigenvalue weighted by atomic mass is 32.2. The molecule has 1 N–H and O–H groups in total. The van der Waals surface area contributed by atoms with Crippen LogP contribution in [0.4, 0.5) is 0 Å². The Morgan fingerprint density at radius 2 is 1.87 bits per heavy atom. The van der Waals surface area contributed by atoms with Gasteiger partial charge in [-0.1, -0.05) is 6.92 Å². The number of rotatable bonds is 4. The van der Waals surface area contributed by atoms with Crippen molar-refractivity contribution in [3.8, 4) is 0 Å². The van der Waals surface area contributed by atoms with Crippen molar-refractivity contribution < 1.29 is 22.5 Å². The molecule has 0 bridgehead atoms. The third-order valence-electron chi connectivity index (χ3n) is 2.29. The van der Waals surface area contributed by atoms with Crippen LogP contribution >= 0.6 is 0 Å². The van der Waals surface area contributed by atoms with Crippen molar-refractivity contribution in [3.05, 3.63) is 0 Å². The number of aliphatic carboxylic acids is 1. The minimum absolute atomic E-state index is 0.198. The second-order valence-corrected chi connectivity index (χ2v) is 5.48. The summed E-state index contributed by atoms with van der Waals surface area (Å²) in [6.45, 7) is 3.53. The molecule has 0 aromatic carbocycles. The maximum Gasteiger partial charge on any atom is 0.300 e. The zero-order valence-corrected chi connectivity index (χ0v) is 10.1. The summed E-state index contributed by atoms with van der Waals surface area (Å²) in [6.07, 6.45) is 4.33. The molecule has 1 aliphatic rings. The van der Waals surface area contributed by atoms with Gasteiger partial charge in [-0.05, 0) is 24.7 Å². The molecule has 0 radical (unpaired) electrons. The van der Waals surface area contributed by atoms with Crippen LogP contribution in [0.3, 0.4) is 0 Å². The van der Waals surface area contributed by atoms with Crippen LogP contribution in [0.1, 0.15) is 33.1 Å². The molecular weight excluding hydrogens is 220 g/mol. The van der Waals surface area contributed by atoms with Crippen LogP contribution in [-0.4, -0.2) is 32.4 Å². The van der Waals surface area contributed by atoms with Gasteiger partial charge >= 0.3 is 0 Å². The normalized spacial score (nSPS) is 17.5. The molecule has 0 heterocycles. The Kier molecular flexibility index (Phi) is 5.23. The fourth-order valence-corrected chi connectivity index (χ4v) is 1.47. The fourth-order valence-electron chi connectivity index (χ4n) is 1.01. The summed E-state index contributed by atoms with van der Waals surface area (Å²) in [5, 5.41) is 7.42. The second kappa shape index (κ2) is 5.46. The van der Waals surface area contributed by atoms with E-state index < -0.39 is 16.1 Å². The number of carboxylic acid groups (broad SMARTS) is 1. The smallest absolute Gasteiger partial charge is 0.300 e. The van der Waals surface area contributed by atoms with Gasteiger partial charge in [0, 0.05) is 6.92 Å². The lowest BCUT2D eigenvalue weighted by molar-refractivity contribution is -0.134. The molecule has 0 amide bonds. The van der Waals surface area contributed by atoms with E-state index in [1.165, 1.54) is 0 Å². The van der Waals surface area contributed by atoms with Crippen molar-refractivity contribution in [2.75, 3.05) is 12.9 Å². The average Bonchev–Trinajstić information content (AvgIpc) is 2.79. The molecule has 0 aromatic heterocycles. The van der Waals surface area contributed by atoms with Crippen LogP contribution in [0.15, 0.2) is 0 Å². The topological polar surface area (TPSA) is 80.7 Å². The van der Waals surface area contributed by atoms with Crippen LogP contribution in [-0.2, 0) is 19.1 Å². The maximum atomic E-state index is 10.6. The highest BCUT2D eigenvalue weighted by molar-refractivity contribution is 7.85. The number of hydrogen-bond acceptors (Lipinski definition) is 4. The Morgan fingerprint density at radius 1 is 1.47 bits per heavy atom. The highest BCUT2D eigenvalue weighted by Gasteiger charge is 2.41. The minimum Gasteiger partial charge on any atom is -0.481 e. The van der Waals surface area contributed by atoms with E-state index in [1.54, 1.807) is 0 Å². The van der Waals surface area contributed by atoms with Crippen LogP contribution in [0.2, 0.25) is 0 Å². The molecule has 0 atom stereocenters.